The fraction of sp³-hybridized carbons (Fsp3) is 0.364. The Morgan fingerprint density at radius 2 is 1.81 bits per heavy atom. The molecule has 2 aromatic heterocycles. The number of rotatable bonds is 10. The first kappa shape index (κ1) is 30.2. The highest BCUT2D eigenvalue weighted by molar-refractivity contribution is 6.04. The number of nitrogens with zero attached hydrogens (tertiary/aromatic N) is 4. The van der Waals surface area contributed by atoms with Gasteiger partial charge >= 0.3 is 6.03 Å². The van der Waals surface area contributed by atoms with Crippen LogP contribution in [0.2, 0.25) is 0 Å². The van der Waals surface area contributed by atoms with Crippen molar-refractivity contribution in [2.24, 2.45) is 0 Å². The Hall–Kier alpha value is -4.25. The number of hydrogen-bond donors (Lipinski definition) is 3. The van der Waals surface area contributed by atoms with E-state index in [0.29, 0.717) is 37.0 Å². The molecule has 4 aromatic rings. The number of aromatic nitrogens is 2. The van der Waals surface area contributed by atoms with E-state index in [0.717, 1.165) is 48.2 Å². The lowest BCUT2D eigenvalue weighted by Crippen LogP contribution is -2.37. The van der Waals surface area contributed by atoms with E-state index in [-0.39, 0.29) is 18.0 Å². The van der Waals surface area contributed by atoms with Crippen LogP contribution in [0.15, 0.2) is 73.1 Å². The number of piperidine rings is 1. The van der Waals surface area contributed by atoms with Gasteiger partial charge in [-0.15, -0.1) is 0 Å². The van der Waals surface area contributed by atoms with Crippen molar-refractivity contribution in [3.8, 4) is 0 Å². The van der Waals surface area contributed by atoms with Crippen molar-refractivity contribution in [3.05, 3.63) is 84.2 Å². The molecule has 3 heterocycles. The molecule has 1 aliphatic rings. The zero-order valence-corrected chi connectivity index (χ0v) is 25.0. The van der Waals surface area contributed by atoms with Gasteiger partial charge in [0, 0.05) is 68.0 Å². The van der Waals surface area contributed by atoms with Crippen LogP contribution in [0.5, 0.6) is 0 Å². The third-order valence-electron chi connectivity index (χ3n) is 7.99. The van der Waals surface area contributed by atoms with Crippen LogP contribution < -0.4 is 15.5 Å². The second kappa shape index (κ2) is 13.8. The molecule has 0 aliphatic carbocycles. The molecule has 3 N–H and O–H groups in total. The average Bonchev–Trinajstić information content (AvgIpc) is 3.45. The van der Waals surface area contributed by atoms with Crippen molar-refractivity contribution in [2.75, 3.05) is 57.2 Å². The highest BCUT2D eigenvalue weighted by atomic mass is 16.5. The number of aliphatic hydroxyl groups is 1. The van der Waals surface area contributed by atoms with E-state index in [1.807, 2.05) is 67.6 Å². The summed E-state index contributed by atoms with van der Waals surface area (Å²) in [5, 5.41) is 16.2. The van der Waals surface area contributed by atoms with E-state index >= 15 is 0 Å². The van der Waals surface area contributed by atoms with E-state index in [1.54, 1.807) is 31.1 Å². The molecule has 1 fully saturated rings. The van der Waals surface area contributed by atoms with Gasteiger partial charge in [-0.2, -0.15) is 0 Å². The Balaban J connectivity index is 1.28. The molecule has 10 nitrogen and oxygen atoms in total. The number of likely N-dealkylation sites (tertiary alicyclic amines) is 1. The van der Waals surface area contributed by atoms with Gasteiger partial charge < -0.3 is 30.3 Å². The zero-order valence-electron chi connectivity index (χ0n) is 25.0. The minimum atomic E-state index is -0.308. The van der Waals surface area contributed by atoms with Crippen LogP contribution in [0, 0.1) is 0 Å². The number of ether oxygens (including phenoxy) is 1. The number of hydrogen-bond acceptors (Lipinski definition) is 7. The summed E-state index contributed by atoms with van der Waals surface area (Å²) < 4.78 is 6.96. The highest BCUT2D eigenvalue weighted by Crippen LogP contribution is 2.31. The van der Waals surface area contributed by atoms with Crippen molar-refractivity contribution in [1.29, 1.82) is 0 Å². The molecule has 1 atom stereocenters. The van der Waals surface area contributed by atoms with Gasteiger partial charge in [0.2, 0.25) is 0 Å². The van der Waals surface area contributed by atoms with Crippen molar-refractivity contribution >= 4 is 40.0 Å². The number of β-amino-alcohol motifs (C(OH)–C–C–N with tert-alkyl or cyclic N) is 1. The number of benzene rings is 2. The Morgan fingerprint density at radius 3 is 2.51 bits per heavy atom. The normalized spacial score (nSPS) is 14.9. The van der Waals surface area contributed by atoms with Gasteiger partial charge in [0.05, 0.1) is 18.2 Å². The molecule has 1 saturated heterocycles. The number of anilines is 3. The van der Waals surface area contributed by atoms with Crippen molar-refractivity contribution < 1.29 is 19.4 Å². The maximum Gasteiger partial charge on any atom is 0.325 e. The number of nitrogens with one attached hydrogen (secondary N) is 2. The van der Waals surface area contributed by atoms with Gasteiger partial charge in [0.1, 0.15) is 5.82 Å². The van der Waals surface area contributed by atoms with Crippen LogP contribution in [0.25, 0.3) is 10.9 Å². The lowest BCUT2D eigenvalue weighted by atomic mass is 9.89. The number of pyridine rings is 1. The van der Waals surface area contributed by atoms with Crippen molar-refractivity contribution in [2.45, 2.75) is 31.8 Å². The zero-order chi connectivity index (χ0) is 30.3. The van der Waals surface area contributed by atoms with Crippen molar-refractivity contribution in [3.63, 3.8) is 0 Å². The van der Waals surface area contributed by atoms with Crippen molar-refractivity contribution in [1.82, 2.24) is 19.8 Å². The Labute approximate surface area is 252 Å². The predicted octanol–water partition coefficient (Wildman–Crippen LogP) is 4.82. The molecule has 0 radical (unpaired) electrons. The first-order valence-electron chi connectivity index (χ1n) is 14.7. The summed E-state index contributed by atoms with van der Waals surface area (Å²) in [5.74, 6) is 0.690. The molecule has 10 heteroatoms. The van der Waals surface area contributed by atoms with E-state index in [9.17, 15) is 14.7 Å². The molecule has 5 rings (SSSR count). The smallest absolute Gasteiger partial charge is 0.325 e. The number of aliphatic hydroxyl groups excluding tert-OH is 1. The van der Waals surface area contributed by atoms with Crippen LogP contribution in [0.4, 0.5) is 22.0 Å². The third kappa shape index (κ3) is 7.22. The maximum atomic E-state index is 13.1. The van der Waals surface area contributed by atoms with E-state index in [2.05, 4.69) is 25.4 Å². The molecular formula is C33H40N6O4. The average molecular weight is 585 g/mol. The van der Waals surface area contributed by atoms with Gasteiger partial charge in [-0.3, -0.25) is 9.36 Å². The fourth-order valence-electron chi connectivity index (χ4n) is 5.76. The topological polar surface area (TPSA) is 112 Å². The highest BCUT2D eigenvalue weighted by Gasteiger charge is 2.22. The van der Waals surface area contributed by atoms with Gasteiger partial charge in [-0.25, -0.2) is 9.78 Å². The minimum Gasteiger partial charge on any atom is -0.392 e. The molecule has 1 aliphatic heterocycles. The van der Waals surface area contributed by atoms with Crippen LogP contribution in [0.3, 0.4) is 0 Å². The standard InChI is InChI=1S/C33H40N6O4/c1-23(40)22-37-15-11-25(12-16-37)24-4-6-26(7-5-24)32(41)36-31-21-29(10-14-35-31)38(18-19-43-3)28-8-9-30-27(20-28)13-17-39(30)33(42)34-2/h4-10,13-14,17,20-21,23,25,40H,11-12,15-16,18-19,22H2,1-3H3,(H,34,42)(H,35,36,41)/t23-/m1/s1. The summed E-state index contributed by atoms with van der Waals surface area (Å²) in [6, 6.07) is 19.2. The number of amides is 2. The summed E-state index contributed by atoms with van der Waals surface area (Å²) in [4.78, 5) is 34.2. The Bertz CT molecular complexity index is 1540. The number of methoxy groups -OCH3 is 1. The molecular weight excluding hydrogens is 544 g/mol. The largest absolute Gasteiger partial charge is 0.392 e. The molecule has 0 bridgehead atoms. The van der Waals surface area contributed by atoms with Crippen LogP contribution in [-0.2, 0) is 4.74 Å². The maximum absolute atomic E-state index is 13.1. The van der Waals surface area contributed by atoms with E-state index < -0.39 is 0 Å². The minimum absolute atomic E-state index is 0.197. The van der Waals surface area contributed by atoms with Crippen LogP contribution in [-0.4, -0.2) is 84.5 Å². The van der Waals surface area contributed by atoms with Gasteiger partial charge in [0.25, 0.3) is 5.91 Å². The quantitative estimate of drug-likeness (QED) is 0.245. The second-order valence-corrected chi connectivity index (χ2v) is 11.0. The predicted molar refractivity (Wildman–Crippen MR) is 169 cm³/mol. The molecule has 2 aromatic carbocycles. The lowest BCUT2D eigenvalue weighted by Gasteiger charge is -2.32. The third-order valence-corrected chi connectivity index (χ3v) is 7.99. The summed E-state index contributed by atoms with van der Waals surface area (Å²) in [6.45, 7) is 5.56. The molecule has 0 saturated carbocycles. The van der Waals surface area contributed by atoms with E-state index in [4.69, 9.17) is 4.74 Å². The summed E-state index contributed by atoms with van der Waals surface area (Å²) in [5.41, 5.74) is 4.40. The lowest BCUT2D eigenvalue weighted by molar-refractivity contribution is 0.102. The second-order valence-electron chi connectivity index (χ2n) is 11.0. The summed E-state index contributed by atoms with van der Waals surface area (Å²) in [6.07, 6.45) is 5.21. The van der Waals surface area contributed by atoms with Gasteiger partial charge in [0.15, 0.2) is 0 Å². The molecule has 2 amide bonds. The van der Waals surface area contributed by atoms with E-state index in [1.165, 1.54) is 5.56 Å². The fourth-order valence-corrected chi connectivity index (χ4v) is 5.76. The Morgan fingerprint density at radius 1 is 1.07 bits per heavy atom. The van der Waals surface area contributed by atoms with Gasteiger partial charge in [-0.1, -0.05) is 12.1 Å². The number of carbonyl (C=O) groups excluding carboxylic acids is 2. The Kier molecular flexibility index (Phi) is 9.71. The SMILES string of the molecule is CNC(=O)n1ccc2cc(N(CCOC)c3ccnc(NC(=O)c4ccc(C5CCN(C[C@@H](C)O)CC5)cc4)c3)ccc21. The molecule has 0 spiro atoms. The van der Waals surface area contributed by atoms with Crippen LogP contribution >= 0.6 is 0 Å². The summed E-state index contributed by atoms with van der Waals surface area (Å²) >= 11 is 0. The monoisotopic (exact) mass is 584 g/mol. The first-order valence-corrected chi connectivity index (χ1v) is 14.7. The molecule has 226 valence electrons. The summed E-state index contributed by atoms with van der Waals surface area (Å²) in [7, 11) is 3.27. The van der Waals surface area contributed by atoms with Gasteiger partial charge in [-0.05, 0) is 86.8 Å². The van der Waals surface area contributed by atoms with Crippen LogP contribution in [0.1, 0.15) is 41.6 Å². The number of fused-ring (bicyclic) bond motifs is 1. The molecule has 0 unspecified atom stereocenters. The first-order chi connectivity index (χ1) is 20.9. The molecule has 43 heavy (non-hydrogen) atoms. The number of carbonyl (C=O) groups is 2.